The quantitative estimate of drug-likeness (QED) is 0.740. The van der Waals surface area contributed by atoms with Crippen molar-refractivity contribution in [1.82, 2.24) is 10.2 Å². The summed E-state index contributed by atoms with van der Waals surface area (Å²) in [6.45, 7) is 1.20. The molecule has 1 N–H and O–H groups in total. The number of carbonyl (C=O) groups excluding carboxylic acids is 1. The molecule has 0 spiro atoms. The Labute approximate surface area is 137 Å². The van der Waals surface area contributed by atoms with Crippen LogP contribution in [0.5, 0.6) is 0 Å². The van der Waals surface area contributed by atoms with E-state index >= 15 is 0 Å². The fourth-order valence-corrected chi connectivity index (χ4v) is 2.90. The highest BCUT2D eigenvalue weighted by atomic mass is 32.2. The lowest BCUT2D eigenvalue weighted by Crippen LogP contribution is -2.36. The van der Waals surface area contributed by atoms with Crippen LogP contribution in [0.3, 0.4) is 0 Å². The summed E-state index contributed by atoms with van der Waals surface area (Å²) < 4.78 is 25.1. The Morgan fingerprint density at radius 1 is 1.26 bits per heavy atom. The van der Waals surface area contributed by atoms with Crippen LogP contribution < -0.4 is 9.62 Å². The number of sulfonamides is 1. The van der Waals surface area contributed by atoms with E-state index in [9.17, 15) is 13.2 Å². The largest absolute Gasteiger partial charge is 0.355 e. The molecule has 0 saturated heterocycles. The summed E-state index contributed by atoms with van der Waals surface area (Å²) >= 11 is 0. The second kappa shape index (κ2) is 8.50. The van der Waals surface area contributed by atoms with Crippen molar-refractivity contribution in [1.29, 1.82) is 5.26 Å². The number of benzene rings is 1. The van der Waals surface area contributed by atoms with Gasteiger partial charge in [0.15, 0.2) is 0 Å². The Balaban J connectivity index is 2.79. The highest BCUT2D eigenvalue weighted by Gasteiger charge is 2.21. The Morgan fingerprint density at radius 3 is 2.48 bits per heavy atom. The van der Waals surface area contributed by atoms with Crippen LogP contribution in [0, 0.1) is 11.3 Å². The second-order valence-electron chi connectivity index (χ2n) is 5.37. The van der Waals surface area contributed by atoms with Crippen LogP contribution in [0.2, 0.25) is 0 Å². The predicted octanol–water partition coefficient (Wildman–Crippen LogP) is 0.392. The number of rotatable bonds is 8. The van der Waals surface area contributed by atoms with E-state index in [1.165, 1.54) is 0 Å². The van der Waals surface area contributed by atoms with Crippen LogP contribution in [0.1, 0.15) is 12.0 Å². The zero-order valence-corrected chi connectivity index (χ0v) is 14.4. The molecule has 0 saturated carbocycles. The second-order valence-corrected chi connectivity index (χ2v) is 7.27. The van der Waals surface area contributed by atoms with E-state index in [4.69, 9.17) is 5.26 Å². The molecule has 7 nitrogen and oxygen atoms in total. The molecule has 0 aromatic heterocycles. The molecule has 0 aliphatic rings. The van der Waals surface area contributed by atoms with E-state index in [2.05, 4.69) is 5.32 Å². The molecule has 0 bridgehead atoms. The molecule has 0 radical (unpaired) electrons. The van der Waals surface area contributed by atoms with Gasteiger partial charge in [-0.25, -0.2) is 8.42 Å². The molecule has 0 heterocycles. The molecule has 8 heteroatoms. The normalized spacial score (nSPS) is 11.1. The number of nitrogens with one attached hydrogen (secondary N) is 1. The van der Waals surface area contributed by atoms with Crippen molar-refractivity contribution in [3.63, 3.8) is 0 Å². The molecule has 0 aliphatic carbocycles. The topological polar surface area (TPSA) is 93.5 Å². The number of para-hydroxylation sites is 1. The molecular weight excluding hydrogens is 316 g/mol. The summed E-state index contributed by atoms with van der Waals surface area (Å²) in [5, 5.41) is 11.9. The lowest BCUT2D eigenvalue weighted by atomic mass is 10.2. The minimum atomic E-state index is -3.59. The zero-order chi connectivity index (χ0) is 17.5. The third-order valence-electron chi connectivity index (χ3n) is 3.12. The summed E-state index contributed by atoms with van der Waals surface area (Å²) in [5.74, 6) is -0.227. The highest BCUT2D eigenvalue weighted by molar-refractivity contribution is 7.92. The molecule has 1 aromatic rings. The van der Waals surface area contributed by atoms with Crippen molar-refractivity contribution < 1.29 is 13.2 Å². The van der Waals surface area contributed by atoms with Gasteiger partial charge in [0, 0.05) is 26.1 Å². The molecule has 0 atom stereocenters. The first-order valence-corrected chi connectivity index (χ1v) is 8.99. The average molecular weight is 338 g/mol. The van der Waals surface area contributed by atoms with Gasteiger partial charge >= 0.3 is 0 Å². The maximum absolute atomic E-state index is 12.0. The van der Waals surface area contributed by atoms with Gasteiger partial charge in [-0.1, -0.05) is 12.1 Å². The van der Waals surface area contributed by atoms with E-state index in [-0.39, 0.29) is 24.4 Å². The summed E-state index contributed by atoms with van der Waals surface area (Å²) in [4.78, 5) is 13.8. The van der Waals surface area contributed by atoms with Crippen LogP contribution in [-0.2, 0) is 14.8 Å². The summed E-state index contributed by atoms with van der Waals surface area (Å²) in [6.07, 6.45) is 1.09. The van der Waals surface area contributed by atoms with E-state index in [1.54, 1.807) is 24.3 Å². The minimum absolute atomic E-state index is 0.00861. The van der Waals surface area contributed by atoms with Gasteiger partial charge in [-0.15, -0.1) is 0 Å². The zero-order valence-electron chi connectivity index (χ0n) is 13.6. The molecule has 1 aromatic carbocycles. The molecule has 0 fully saturated rings. The number of hydrogen-bond donors (Lipinski definition) is 1. The smallest absolute Gasteiger partial charge is 0.232 e. The van der Waals surface area contributed by atoms with Crippen molar-refractivity contribution in [3.05, 3.63) is 29.8 Å². The monoisotopic (exact) mass is 338 g/mol. The summed E-state index contributed by atoms with van der Waals surface area (Å²) in [6, 6.07) is 8.40. The Hall–Kier alpha value is -2.11. The van der Waals surface area contributed by atoms with Crippen LogP contribution in [0.15, 0.2) is 24.3 Å². The third kappa shape index (κ3) is 6.26. The van der Waals surface area contributed by atoms with E-state index in [0.29, 0.717) is 18.8 Å². The predicted molar refractivity (Wildman–Crippen MR) is 89.5 cm³/mol. The SMILES string of the molecule is CN(C)CCNC(=O)CCN(c1ccccc1C#N)S(C)(=O)=O. The highest BCUT2D eigenvalue weighted by Crippen LogP contribution is 2.22. The number of nitriles is 1. The first kappa shape index (κ1) is 18.9. The van der Waals surface area contributed by atoms with Crippen LogP contribution >= 0.6 is 0 Å². The van der Waals surface area contributed by atoms with Crippen LogP contribution in [-0.4, -0.2) is 59.2 Å². The van der Waals surface area contributed by atoms with Crippen molar-refractivity contribution in [2.75, 3.05) is 44.3 Å². The maximum atomic E-state index is 12.0. The fourth-order valence-electron chi connectivity index (χ4n) is 1.96. The lowest BCUT2D eigenvalue weighted by molar-refractivity contribution is -0.120. The number of anilines is 1. The molecule has 0 unspecified atom stereocenters. The van der Waals surface area contributed by atoms with Gasteiger partial charge < -0.3 is 10.2 Å². The molecule has 1 rings (SSSR count). The summed E-state index contributed by atoms with van der Waals surface area (Å²) in [5.41, 5.74) is 0.546. The van der Waals surface area contributed by atoms with Crippen molar-refractivity contribution in [2.45, 2.75) is 6.42 Å². The van der Waals surface area contributed by atoms with Gasteiger partial charge in [-0.3, -0.25) is 9.10 Å². The van der Waals surface area contributed by atoms with Crippen molar-refractivity contribution in [2.24, 2.45) is 0 Å². The lowest BCUT2D eigenvalue weighted by Gasteiger charge is -2.23. The number of hydrogen-bond acceptors (Lipinski definition) is 5. The standard InChI is InChI=1S/C15H22N4O3S/c1-18(2)11-9-17-15(20)8-10-19(23(3,21)22)14-7-5-4-6-13(14)12-16/h4-7H,8-11H2,1-3H3,(H,17,20). The van der Waals surface area contributed by atoms with Crippen LogP contribution in [0.25, 0.3) is 0 Å². The molecule has 0 aliphatic heterocycles. The number of carbonyl (C=O) groups is 1. The van der Waals surface area contributed by atoms with Gasteiger partial charge in [0.1, 0.15) is 6.07 Å². The Morgan fingerprint density at radius 2 is 1.91 bits per heavy atom. The van der Waals surface area contributed by atoms with E-state index in [1.807, 2.05) is 25.1 Å². The molecule has 23 heavy (non-hydrogen) atoms. The van der Waals surface area contributed by atoms with Crippen molar-refractivity contribution >= 4 is 21.6 Å². The molecule has 1 amide bonds. The number of likely N-dealkylation sites (N-methyl/N-ethyl adjacent to an activating group) is 1. The molecular formula is C15H22N4O3S. The van der Waals surface area contributed by atoms with Crippen LogP contribution in [0.4, 0.5) is 5.69 Å². The van der Waals surface area contributed by atoms with Crippen molar-refractivity contribution in [3.8, 4) is 6.07 Å². The Bertz CT molecular complexity index is 680. The third-order valence-corrected chi connectivity index (χ3v) is 4.30. The van der Waals surface area contributed by atoms with Gasteiger partial charge in [0.2, 0.25) is 15.9 Å². The Kier molecular flexibility index (Phi) is 7.00. The van der Waals surface area contributed by atoms with Gasteiger partial charge in [0.25, 0.3) is 0 Å². The number of amides is 1. The van der Waals surface area contributed by atoms with E-state index in [0.717, 1.165) is 10.6 Å². The summed E-state index contributed by atoms with van der Waals surface area (Å²) in [7, 11) is 0.212. The number of nitrogens with zero attached hydrogens (tertiary/aromatic N) is 3. The van der Waals surface area contributed by atoms with E-state index < -0.39 is 10.0 Å². The first-order valence-electron chi connectivity index (χ1n) is 7.14. The van der Waals surface area contributed by atoms with Gasteiger partial charge in [0.05, 0.1) is 17.5 Å². The molecule has 126 valence electrons. The first-order chi connectivity index (χ1) is 10.8. The minimum Gasteiger partial charge on any atom is -0.355 e. The average Bonchev–Trinajstić information content (AvgIpc) is 2.46. The van der Waals surface area contributed by atoms with Gasteiger partial charge in [-0.05, 0) is 26.2 Å². The van der Waals surface area contributed by atoms with Gasteiger partial charge in [-0.2, -0.15) is 5.26 Å². The fraction of sp³-hybridized carbons (Fsp3) is 0.467. The maximum Gasteiger partial charge on any atom is 0.232 e.